The van der Waals surface area contributed by atoms with Gasteiger partial charge in [-0.2, -0.15) is 0 Å². The Morgan fingerprint density at radius 1 is 1.18 bits per heavy atom. The Balaban J connectivity index is 1.34. The molecule has 6 nitrogen and oxygen atoms in total. The van der Waals surface area contributed by atoms with Gasteiger partial charge in [-0.25, -0.2) is 13.2 Å². The summed E-state index contributed by atoms with van der Waals surface area (Å²) in [6.07, 6.45) is -1.40. The minimum Gasteiger partial charge on any atom is -0.484 e. The van der Waals surface area contributed by atoms with E-state index in [1.807, 2.05) is 0 Å². The number of benzene rings is 1. The average molecular weight is 503 g/mol. The Bertz CT molecular complexity index is 1060. The van der Waals surface area contributed by atoms with Crippen LogP contribution >= 0.6 is 22.9 Å². The first-order valence-corrected chi connectivity index (χ1v) is 11.6. The van der Waals surface area contributed by atoms with E-state index in [0.29, 0.717) is 25.7 Å². The van der Waals surface area contributed by atoms with Crippen LogP contribution in [0.1, 0.15) is 53.1 Å². The van der Waals surface area contributed by atoms with Crippen LogP contribution in [0.5, 0.6) is 5.75 Å². The number of alkyl halides is 2. The minimum absolute atomic E-state index is 0.0534. The molecule has 3 aliphatic rings. The summed E-state index contributed by atoms with van der Waals surface area (Å²) in [5, 5.41) is 16.5. The number of thiophene rings is 1. The van der Waals surface area contributed by atoms with Crippen molar-refractivity contribution in [3.8, 4) is 5.75 Å². The van der Waals surface area contributed by atoms with Crippen molar-refractivity contribution >= 4 is 34.8 Å². The van der Waals surface area contributed by atoms with Crippen LogP contribution in [0.15, 0.2) is 30.3 Å². The molecule has 2 bridgehead atoms. The second-order valence-corrected chi connectivity index (χ2v) is 10.0. The van der Waals surface area contributed by atoms with Crippen molar-refractivity contribution in [3.05, 3.63) is 50.9 Å². The molecule has 3 fully saturated rings. The zero-order valence-corrected chi connectivity index (χ0v) is 18.9. The van der Waals surface area contributed by atoms with Crippen LogP contribution < -0.4 is 15.4 Å². The predicted molar refractivity (Wildman–Crippen MR) is 116 cm³/mol. The van der Waals surface area contributed by atoms with E-state index in [2.05, 4.69) is 10.6 Å². The molecule has 5 rings (SSSR count). The molecule has 2 amide bonds. The molecule has 0 saturated heterocycles. The Kier molecular flexibility index (Phi) is 6.61. The Hall–Kier alpha value is -2.30. The lowest BCUT2D eigenvalue weighted by atomic mass is 9.60. The molecule has 178 valence electrons. The van der Waals surface area contributed by atoms with Gasteiger partial charge in [0.2, 0.25) is 0 Å². The maximum absolute atomic E-state index is 13.5. The monoisotopic (exact) mass is 502 g/mol. The zero-order valence-electron chi connectivity index (χ0n) is 17.4. The zero-order chi connectivity index (χ0) is 23.8. The van der Waals surface area contributed by atoms with Crippen molar-refractivity contribution < 1.29 is 32.6 Å². The number of aliphatic hydroxyl groups excluding tert-OH is 1. The van der Waals surface area contributed by atoms with E-state index >= 15 is 0 Å². The highest BCUT2D eigenvalue weighted by atomic mass is 35.5. The van der Waals surface area contributed by atoms with Gasteiger partial charge in [-0.1, -0.05) is 11.6 Å². The van der Waals surface area contributed by atoms with Crippen molar-refractivity contribution in [2.75, 3.05) is 6.61 Å². The Labute approximate surface area is 197 Å². The van der Waals surface area contributed by atoms with Gasteiger partial charge >= 0.3 is 0 Å². The summed E-state index contributed by atoms with van der Waals surface area (Å²) >= 11 is 6.37. The average Bonchev–Trinajstić information content (AvgIpc) is 3.27. The number of hydrogen-bond donors (Lipinski definition) is 3. The fourth-order valence-electron chi connectivity index (χ4n) is 4.59. The number of carbonyl (C=O) groups excluding carboxylic acids is 2. The molecule has 1 aromatic heterocycles. The topological polar surface area (TPSA) is 87.7 Å². The van der Waals surface area contributed by atoms with Crippen molar-refractivity contribution in [2.45, 2.75) is 55.7 Å². The summed E-state index contributed by atoms with van der Waals surface area (Å²) in [7, 11) is 0. The molecule has 0 unspecified atom stereocenters. The number of halogens is 4. The lowest BCUT2D eigenvalue weighted by Gasteiger charge is -2.56. The van der Waals surface area contributed by atoms with E-state index in [0.717, 1.165) is 17.4 Å². The van der Waals surface area contributed by atoms with Crippen LogP contribution in [-0.2, 0) is 4.79 Å². The number of amides is 2. The van der Waals surface area contributed by atoms with Crippen LogP contribution in [0.4, 0.5) is 13.2 Å². The van der Waals surface area contributed by atoms with Crippen LogP contribution in [0.2, 0.25) is 5.02 Å². The predicted octanol–water partition coefficient (Wildman–Crippen LogP) is 4.22. The lowest BCUT2D eigenvalue weighted by Crippen LogP contribution is -2.70. The van der Waals surface area contributed by atoms with E-state index in [9.17, 15) is 27.9 Å². The number of carbonyl (C=O) groups is 2. The maximum Gasteiger partial charge on any atom is 0.272 e. The first-order chi connectivity index (χ1) is 15.6. The number of nitrogens with one attached hydrogen (secondary N) is 2. The summed E-state index contributed by atoms with van der Waals surface area (Å²) in [4.78, 5) is 25.1. The molecular formula is C22H22ClF3N2O4S. The first kappa shape index (κ1) is 23.8. The molecule has 33 heavy (non-hydrogen) atoms. The summed E-state index contributed by atoms with van der Waals surface area (Å²) in [6.45, 7) is -0.359. The van der Waals surface area contributed by atoms with E-state index in [-0.39, 0.29) is 33.6 Å². The van der Waals surface area contributed by atoms with E-state index in [1.54, 1.807) is 0 Å². The minimum atomic E-state index is -2.63. The summed E-state index contributed by atoms with van der Waals surface area (Å²) < 4.78 is 44.5. The Morgan fingerprint density at radius 3 is 2.52 bits per heavy atom. The molecular weight excluding hydrogens is 481 g/mol. The van der Waals surface area contributed by atoms with Crippen LogP contribution in [-0.4, -0.2) is 40.7 Å². The van der Waals surface area contributed by atoms with Gasteiger partial charge < -0.3 is 20.5 Å². The molecule has 0 aliphatic heterocycles. The lowest BCUT2D eigenvalue weighted by molar-refractivity contribution is -0.132. The van der Waals surface area contributed by atoms with Gasteiger partial charge in [0.05, 0.1) is 26.4 Å². The standard InChI is InChI=1S/C22H22ClF3N2O4S/c23-13-2-1-12(9-14(13)24)32-11-18(30)27-22-7-5-21(6-8-22,10-17(22)29)28-20(31)16-4-3-15(33-16)19(25)26/h1-4,9,17,19,29H,5-8,10-11H2,(H,27,30)(H,28,31)/t17-,21?,22?/m0/s1. The molecule has 3 saturated carbocycles. The van der Waals surface area contributed by atoms with E-state index in [4.69, 9.17) is 16.3 Å². The third-order valence-electron chi connectivity index (χ3n) is 6.41. The molecule has 3 aliphatic carbocycles. The number of fused-ring (bicyclic) bond motifs is 3. The first-order valence-electron chi connectivity index (χ1n) is 10.4. The number of ether oxygens (including phenoxy) is 1. The molecule has 11 heteroatoms. The number of aliphatic hydroxyl groups is 1. The van der Waals surface area contributed by atoms with Crippen molar-refractivity contribution in [3.63, 3.8) is 0 Å². The maximum atomic E-state index is 13.5. The van der Waals surface area contributed by atoms with Crippen molar-refractivity contribution in [2.24, 2.45) is 0 Å². The fraction of sp³-hybridized carbons (Fsp3) is 0.455. The summed E-state index contributed by atoms with van der Waals surface area (Å²) in [5.41, 5.74) is -1.50. The highest BCUT2D eigenvalue weighted by molar-refractivity contribution is 7.14. The van der Waals surface area contributed by atoms with Crippen LogP contribution in [0.25, 0.3) is 0 Å². The molecule has 3 N–H and O–H groups in total. The highest BCUT2D eigenvalue weighted by Crippen LogP contribution is 2.47. The highest BCUT2D eigenvalue weighted by Gasteiger charge is 2.55. The molecule has 0 radical (unpaired) electrons. The third-order valence-corrected chi connectivity index (χ3v) is 7.81. The van der Waals surface area contributed by atoms with Crippen molar-refractivity contribution in [1.82, 2.24) is 10.6 Å². The van der Waals surface area contributed by atoms with Gasteiger partial charge in [0.25, 0.3) is 18.2 Å². The van der Waals surface area contributed by atoms with Gasteiger partial charge in [0.15, 0.2) is 6.61 Å². The molecule has 1 aromatic carbocycles. The van der Waals surface area contributed by atoms with Gasteiger partial charge in [0, 0.05) is 11.6 Å². The SMILES string of the molecule is O=C(COc1ccc(Cl)c(F)c1)NC12CCC(NC(=O)c3ccc(C(F)F)s3)(CC1)C[C@@H]2O. The second kappa shape index (κ2) is 9.15. The van der Waals surface area contributed by atoms with E-state index in [1.165, 1.54) is 24.3 Å². The van der Waals surface area contributed by atoms with Crippen molar-refractivity contribution in [1.29, 1.82) is 0 Å². The second-order valence-electron chi connectivity index (χ2n) is 8.53. The third kappa shape index (κ3) is 4.97. The molecule has 1 atom stereocenters. The molecule has 1 heterocycles. The Morgan fingerprint density at radius 2 is 1.91 bits per heavy atom. The van der Waals surface area contributed by atoms with E-state index < -0.39 is 41.2 Å². The normalized spacial score (nSPS) is 26.3. The quantitative estimate of drug-likeness (QED) is 0.529. The van der Waals surface area contributed by atoms with Gasteiger partial charge in [-0.3, -0.25) is 9.59 Å². The van der Waals surface area contributed by atoms with Crippen LogP contribution in [0, 0.1) is 5.82 Å². The summed E-state index contributed by atoms with van der Waals surface area (Å²) in [5.74, 6) is -1.40. The fourth-order valence-corrected chi connectivity index (χ4v) is 5.46. The number of hydrogen-bond acceptors (Lipinski definition) is 5. The molecule has 2 aromatic rings. The summed E-state index contributed by atoms with van der Waals surface area (Å²) in [6, 6.07) is 6.46. The van der Waals surface area contributed by atoms with Gasteiger partial charge in [-0.05, 0) is 56.4 Å². The molecule has 0 spiro atoms. The smallest absolute Gasteiger partial charge is 0.272 e. The van der Waals surface area contributed by atoms with Crippen LogP contribution in [0.3, 0.4) is 0 Å². The largest absolute Gasteiger partial charge is 0.484 e. The van der Waals surface area contributed by atoms with Gasteiger partial charge in [0.1, 0.15) is 11.6 Å². The number of rotatable bonds is 7. The van der Waals surface area contributed by atoms with Gasteiger partial charge in [-0.15, -0.1) is 11.3 Å².